The summed E-state index contributed by atoms with van der Waals surface area (Å²) in [5.41, 5.74) is 4.12. The van der Waals surface area contributed by atoms with E-state index in [9.17, 15) is 14.4 Å². The van der Waals surface area contributed by atoms with Crippen molar-refractivity contribution in [2.24, 2.45) is 5.92 Å². The van der Waals surface area contributed by atoms with Gasteiger partial charge in [-0.25, -0.2) is 4.98 Å². The van der Waals surface area contributed by atoms with Gasteiger partial charge in [-0.05, 0) is 57.4 Å². The Kier molecular flexibility index (Phi) is 7.87. The van der Waals surface area contributed by atoms with Gasteiger partial charge in [-0.1, -0.05) is 6.08 Å². The van der Waals surface area contributed by atoms with Crippen LogP contribution in [-0.2, 0) is 11.3 Å². The third-order valence-corrected chi connectivity index (χ3v) is 6.77. The molecular weight excluding hydrogens is 470 g/mol. The Labute approximate surface area is 216 Å². The zero-order chi connectivity index (χ0) is 26.7. The average Bonchev–Trinajstić information content (AvgIpc) is 2.81. The molecule has 37 heavy (non-hydrogen) atoms. The lowest BCUT2D eigenvalue weighted by molar-refractivity contribution is -0.136. The van der Waals surface area contributed by atoms with E-state index in [1.807, 2.05) is 44.7 Å². The summed E-state index contributed by atoms with van der Waals surface area (Å²) >= 11 is 0. The highest BCUT2D eigenvalue weighted by atomic mass is 16.2. The van der Waals surface area contributed by atoms with Gasteiger partial charge in [0.25, 0.3) is 11.5 Å². The summed E-state index contributed by atoms with van der Waals surface area (Å²) in [6.45, 7) is 10.2. The van der Waals surface area contributed by atoms with E-state index in [1.54, 1.807) is 6.07 Å². The molecule has 0 aromatic carbocycles. The molecule has 2 aromatic rings. The van der Waals surface area contributed by atoms with Crippen LogP contribution in [0.1, 0.15) is 58.7 Å². The molecule has 2 amide bonds. The van der Waals surface area contributed by atoms with Crippen molar-refractivity contribution in [3.63, 3.8) is 0 Å². The van der Waals surface area contributed by atoms with Gasteiger partial charge in [0, 0.05) is 61.8 Å². The SMILES string of the molecule is Cc1cc(C)c(CNC(=O)c2cc(C3=CCN(C(=O)C4CNC4)CC3)nc(NC(C)C)c2C=N)c(=O)[nH]1. The van der Waals surface area contributed by atoms with Crippen LogP contribution in [0, 0.1) is 25.2 Å². The van der Waals surface area contributed by atoms with Crippen molar-refractivity contribution in [2.75, 3.05) is 31.5 Å². The van der Waals surface area contributed by atoms with Crippen molar-refractivity contribution in [3.8, 4) is 0 Å². The highest BCUT2D eigenvalue weighted by Gasteiger charge is 2.30. The van der Waals surface area contributed by atoms with Gasteiger partial charge in [-0.2, -0.15) is 0 Å². The van der Waals surface area contributed by atoms with Crippen molar-refractivity contribution in [1.82, 2.24) is 25.5 Å². The summed E-state index contributed by atoms with van der Waals surface area (Å²) in [5, 5.41) is 17.3. The van der Waals surface area contributed by atoms with Crippen molar-refractivity contribution in [2.45, 2.75) is 46.7 Å². The Morgan fingerprint density at radius 1 is 1.27 bits per heavy atom. The molecule has 1 fully saturated rings. The molecule has 0 radical (unpaired) electrons. The van der Waals surface area contributed by atoms with Gasteiger partial charge in [0.05, 0.1) is 17.2 Å². The number of carbonyl (C=O) groups excluding carboxylic acids is 2. The zero-order valence-corrected chi connectivity index (χ0v) is 21.8. The quantitative estimate of drug-likeness (QED) is 0.347. The summed E-state index contributed by atoms with van der Waals surface area (Å²) in [6.07, 6.45) is 3.75. The second-order valence-electron chi connectivity index (χ2n) is 10.0. The Morgan fingerprint density at radius 3 is 2.59 bits per heavy atom. The molecule has 2 aliphatic heterocycles. The Balaban J connectivity index is 1.62. The number of carbonyl (C=O) groups is 2. The van der Waals surface area contributed by atoms with E-state index in [1.165, 1.54) is 0 Å². The van der Waals surface area contributed by atoms with Crippen LogP contribution in [0.25, 0.3) is 5.57 Å². The van der Waals surface area contributed by atoms with Gasteiger partial charge in [-0.3, -0.25) is 14.4 Å². The lowest BCUT2D eigenvalue weighted by Gasteiger charge is -2.34. The molecule has 2 aromatic heterocycles. The number of H-pyrrole nitrogens is 1. The van der Waals surface area contributed by atoms with Gasteiger partial charge >= 0.3 is 0 Å². The number of aryl methyl sites for hydroxylation is 2. The van der Waals surface area contributed by atoms with Crippen molar-refractivity contribution in [3.05, 3.63) is 62.2 Å². The monoisotopic (exact) mass is 505 g/mol. The summed E-state index contributed by atoms with van der Waals surface area (Å²) in [6, 6.07) is 3.61. The van der Waals surface area contributed by atoms with Crippen molar-refractivity contribution < 1.29 is 9.59 Å². The van der Waals surface area contributed by atoms with E-state index >= 15 is 0 Å². The molecule has 0 bridgehead atoms. The van der Waals surface area contributed by atoms with E-state index in [0.717, 1.165) is 36.1 Å². The van der Waals surface area contributed by atoms with Crippen LogP contribution in [0.4, 0.5) is 5.82 Å². The lowest BCUT2D eigenvalue weighted by atomic mass is 9.97. The maximum absolute atomic E-state index is 13.4. The minimum atomic E-state index is -0.390. The number of hydrogen-bond acceptors (Lipinski definition) is 7. The standard InChI is InChI=1S/C27H35N7O3/c1-15(2)31-24-21(11-28)20(25(35)30-14-22-16(3)9-17(4)32-26(22)36)10-23(33-24)18-5-7-34(8-6-18)27(37)19-12-29-13-19/h5,9-11,15,19,28-29H,6-8,12-14H2,1-4H3,(H,30,35)(H,31,33)(H,32,36). The van der Waals surface area contributed by atoms with Gasteiger partial charge in [0.2, 0.25) is 5.91 Å². The molecule has 4 heterocycles. The fraction of sp³-hybridized carbons (Fsp3) is 0.444. The van der Waals surface area contributed by atoms with E-state index in [4.69, 9.17) is 10.4 Å². The van der Waals surface area contributed by atoms with Crippen LogP contribution in [0.5, 0.6) is 0 Å². The molecule has 0 unspecified atom stereocenters. The molecule has 2 aliphatic rings. The average molecular weight is 506 g/mol. The third kappa shape index (κ3) is 5.80. The van der Waals surface area contributed by atoms with Gasteiger partial charge in [0.15, 0.2) is 0 Å². The highest BCUT2D eigenvalue weighted by Crippen LogP contribution is 2.27. The predicted octanol–water partition coefficient (Wildman–Crippen LogP) is 1.97. The second kappa shape index (κ2) is 11.1. The number of anilines is 1. The van der Waals surface area contributed by atoms with E-state index in [-0.39, 0.29) is 35.9 Å². The molecule has 0 atom stereocenters. The van der Waals surface area contributed by atoms with Gasteiger partial charge in [-0.15, -0.1) is 0 Å². The Bertz CT molecular complexity index is 1310. The first-order chi connectivity index (χ1) is 17.7. The first-order valence-corrected chi connectivity index (χ1v) is 12.7. The number of hydrogen-bond donors (Lipinski definition) is 5. The number of aromatic amines is 1. The van der Waals surface area contributed by atoms with Gasteiger partial charge < -0.3 is 31.2 Å². The number of pyridine rings is 2. The highest BCUT2D eigenvalue weighted by molar-refractivity contribution is 6.05. The second-order valence-corrected chi connectivity index (χ2v) is 10.0. The fourth-order valence-electron chi connectivity index (χ4n) is 4.63. The van der Waals surface area contributed by atoms with Crippen LogP contribution in [0.3, 0.4) is 0 Å². The van der Waals surface area contributed by atoms with Crippen LogP contribution in [0.15, 0.2) is 23.0 Å². The molecule has 10 nitrogen and oxygen atoms in total. The van der Waals surface area contributed by atoms with E-state index in [2.05, 4.69) is 20.9 Å². The summed E-state index contributed by atoms with van der Waals surface area (Å²) in [5.74, 6) is 0.294. The van der Waals surface area contributed by atoms with Crippen molar-refractivity contribution in [1.29, 1.82) is 5.41 Å². The number of amides is 2. The number of nitrogens with zero attached hydrogens (tertiary/aromatic N) is 2. The van der Waals surface area contributed by atoms with Gasteiger partial charge in [0.1, 0.15) is 5.82 Å². The molecule has 0 spiro atoms. The third-order valence-electron chi connectivity index (χ3n) is 6.77. The predicted molar refractivity (Wildman–Crippen MR) is 144 cm³/mol. The molecular formula is C27H35N7O3. The van der Waals surface area contributed by atoms with Crippen molar-refractivity contribution >= 4 is 29.4 Å². The van der Waals surface area contributed by atoms with Crippen LogP contribution < -0.4 is 21.5 Å². The molecule has 1 saturated heterocycles. The first kappa shape index (κ1) is 26.3. The Morgan fingerprint density at radius 2 is 2.03 bits per heavy atom. The smallest absolute Gasteiger partial charge is 0.253 e. The number of rotatable bonds is 8. The topological polar surface area (TPSA) is 143 Å². The fourth-order valence-corrected chi connectivity index (χ4v) is 4.63. The number of nitrogens with one attached hydrogen (secondary N) is 5. The molecule has 0 aliphatic carbocycles. The lowest BCUT2D eigenvalue weighted by Crippen LogP contribution is -2.52. The maximum Gasteiger partial charge on any atom is 0.253 e. The number of aromatic nitrogens is 2. The molecule has 10 heteroatoms. The van der Waals surface area contributed by atoms with E-state index in [0.29, 0.717) is 47.7 Å². The summed E-state index contributed by atoms with van der Waals surface area (Å²) in [7, 11) is 0. The Hall–Kier alpha value is -3.79. The van der Waals surface area contributed by atoms with Crippen LogP contribution in [0.2, 0.25) is 0 Å². The first-order valence-electron chi connectivity index (χ1n) is 12.7. The minimum absolute atomic E-state index is 0.0377. The largest absolute Gasteiger partial charge is 0.367 e. The maximum atomic E-state index is 13.4. The molecule has 0 saturated carbocycles. The molecule has 4 rings (SSSR count). The minimum Gasteiger partial charge on any atom is -0.367 e. The molecule has 5 N–H and O–H groups in total. The normalized spacial score (nSPS) is 15.7. The zero-order valence-electron chi connectivity index (χ0n) is 21.8. The summed E-state index contributed by atoms with van der Waals surface area (Å²) in [4.78, 5) is 47.8. The van der Waals surface area contributed by atoms with E-state index < -0.39 is 0 Å². The van der Waals surface area contributed by atoms with Crippen LogP contribution >= 0.6 is 0 Å². The summed E-state index contributed by atoms with van der Waals surface area (Å²) < 4.78 is 0. The molecule has 196 valence electrons. The van der Waals surface area contributed by atoms with Crippen LogP contribution in [-0.4, -0.2) is 65.1 Å².